The molecule has 0 saturated carbocycles. The first-order valence-corrected chi connectivity index (χ1v) is 8.04. The predicted molar refractivity (Wildman–Crippen MR) is 86.4 cm³/mol. The van der Waals surface area contributed by atoms with E-state index < -0.39 is 12.0 Å². The van der Waals surface area contributed by atoms with Crippen molar-refractivity contribution >= 4 is 23.6 Å². The van der Waals surface area contributed by atoms with Gasteiger partial charge in [0.05, 0.1) is 12.6 Å². The molecule has 0 fully saturated rings. The Balaban J connectivity index is 0.00000108. The third kappa shape index (κ3) is 8.41. The minimum Gasteiger partial charge on any atom is -0.481 e. The summed E-state index contributed by atoms with van der Waals surface area (Å²) in [5.41, 5.74) is 6.47. The van der Waals surface area contributed by atoms with Crippen LogP contribution in [0.5, 0.6) is 5.88 Å². The summed E-state index contributed by atoms with van der Waals surface area (Å²) in [4.78, 5) is 20.8. The lowest BCUT2D eigenvalue weighted by atomic mass is 10.0. The van der Waals surface area contributed by atoms with Crippen molar-refractivity contribution in [1.82, 2.24) is 15.6 Å². The molecule has 0 aliphatic carbocycles. The SMILES string of the molecule is CC(=O)O.CSC(C)(C)[C@H](N)C(=O)NCCOc1nonc1C. The molecule has 0 unspecified atom stereocenters. The Morgan fingerprint density at radius 1 is 1.48 bits per heavy atom. The molecule has 0 aliphatic heterocycles. The lowest BCUT2D eigenvalue weighted by molar-refractivity contribution is -0.134. The second kappa shape index (κ2) is 10.1. The fraction of sp³-hybridized carbons (Fsp3) is 0.692. The van der Waals surface area contributed by atoms with Crippen molar-refractivity contribution in [2.24, 2.45) is 5.73 Å². The average molecular weight is 348 g/mol. The zero-order valence-electron chi connectivity index (χ0n) is 14.0. The molecule has 23 heavy (non-hydrogen) atoms. The number of hydrogen-bond acceptors (Lipinski definition) is 8. The number of aliphatic carboxylic acids is 1. The standard InChI is InChI=1S/C11H20N4O3S.C2H4O2/c1-7-10(15-18-14-7)17-6-5-13-9(16)8(12)11(2,3)19-4;1-2(3)4/h8H,5-6,12H2,1-4H3,(H,13,16);1H3,(H,3,4)/t8-;/m1./s1. The number of carbonyl (C=O) groups is 2. The molecule has 1 aromatic rings. The third-order valence-corrected chi connectivity index (χ3v) is 4.11. The topological polar surface area (TPSA) is 141 Å². The van der Waals surface area contributed by atoms with Gasteiger partial charge in [-0.15, -0.1) is 0 Å². The van der Waals surface area contributed by atoms with Gasteiger partial charge in [-0.3, -0.25) is 9.59 Å². The van der Waals surface area contributed by atoms with Gasteiger partial charge in [-0.2, -0.15) is 11.8 Å². The predicted octanol–water partition coefficient (Wildman–Crippen LogP) is 0.433. The monoisotopic (exact) mass is 348 g/mol. The molecule has 9 nitrogen and oxygen atoms in total. The third-order valence-electron chi connectivity index (χ3n) is 2.81. The van der Waals surface area contributed by atoms with Crippen molar-refractivity contribution in [3.05, 3.63) is 5.69 Å². The number of rotatable bonds is 7. The van der Waals surface area contributed by atoms with Crippen molar-refractivity contribution in [3.63, 3.8) is 0 Å². The van der Waals surface area contributed by atoms with Gasteiger partial charge in [-0.05, 0) is 32.2 Å². The number of carboxylic acid groups (broad SMARTS) is 1. The highest BCUT2D eigenvalue weighted by atomic mass is 32.2. The minimum atomic E-state index is -0.833. The van der Waals surface area contributed by atoms with Gasteiger partial charge in [0.25, 0.3) is 11.8 Å². The molecular weight excluding hydrogens is 324 g/mol. The van der Waals surface area contributed by atoms with E-state index in [0.717, 1.165) is 6.92 Å². The number of nitrogens with one attached hydrogen (secondary N) is 1. The largest absolute Gasteiger partial charge is 0.481 e. The van der Waals surface area contributed by atoms with Gasteiger partial charge < -0.3 is 20.9 Å². The fourth-order valence-corrected chi connectivity index (χ4v) is 1.59. The van der Waals surface area contributed by atoms with Gasteiger partial charge in [0.2, 0.25) is 5.91 Å². The Morgan fingerprint density at radius 3 is 2.48 bits per heavy atom. The van der Waals surface area contributed by atoms with Crippen molar-refractivity contribution in [2.45, 2.75) is 38.5 Å². The molecule has 1 atom stereocenters. The minimum absolute atomic E-state index is 0.196. The number of nitrogens with two attached hydrogens (primary N) is 1. The van der Waals surface area contributed by atoms with E-state index in [1.54, 1.807) is 18.7 Å². The lowest BCUT2D eigenvalue weighted by Gasteiger charge is -2.28. The van der Waals surface area contributed by atoms with Crippen LogP contribution in [-0.4, -0.2) is 57.5 Å². The second-order valence-corrected chi connectivity index (χ2v) is 6.56. The molecule has 0 saturated heterocycles. The summed E-state index contributed by atoms with van der Waals surface area (Å²) in [5.74, 6) is -0.694. The van der Waals surface area contributed by atoms with E-state index in [0.29, 0.717) is 18.1 Å². The normalized spacial score (nSPS) is 11.9. The van der Waals surface area contributed by atoms with E-state index in [9.17, 15) is 4.79 Å². The highest BCUT2D eigenvalue weighted by Crippen LogP contribution is 2.24. The molecule has 1 amide bonds. The summed E-state index contributed by atoms with van der Waals surface area (Å²) < 4.78 is 9.47. The first-order chi connectivity index (χ1) is 10.6. The lowest BCUT2D eigenvalue weighted by Crippen LogP contribution is -2.52. The Bertz CT molecular complexity index is 502. The Morgan fingerprint density at radius 2 is 2.04 bits per heavy atom. The van der Waals surface area contributed by atoms with Gasteiger partial charge in [0.15, 0.2) is 0 Å². The van der Waals surface area contributed by atoms with Gasteiger partial charge in [0.1, 0.15) is 12.3 Å². The van der Waals surface area contributed by atoms with Crippen LogP contribution in [0.1, 0.15) is 26.5 Å². The summed E-state index contributed by atoms with van der Waals surface area (Å²) in [6.07, 6.45) is 1.93. The maximum Gasteiger partial charge on any atom is 0.300 e. The molecule has 0 aliphatic rings. The first-order valence-electron chi connectivity index (χ1n) is 6.81. The molecule has 1 rings (SSSR count). The van der Waals surface area contributed by atoms with Crippen LogP contribution in [0.4, 0.5) is 0 Å². The van der Waals surface area contributed by atoms with Crippen molar-refractivity contribution in [1.29, 1.82) is 0 Å². The van der Waals surface area contributed by atoms with E-state index in [1.807, 2.05) is 20.1 Å². The molecule has 0 bridgehead atoms. The van der Waals surface area contributed by atoms with Crippen LogP contribution in [-0.2, 0) is 9.59 Å². The number of carboxylic acids is 1. The van der Waals surface area contributed by atoms with Crippen LogP contribution < -0.4 is 15.8 Å². The Kier molecular flexibility index (Phi) is 9.27. The molecule has 10 heteroatoms. The summed E-state index contributed by atoms with van der Waals surface area (Å²) >= 11 is 1.55. The van der Waals surface area contributed by atoms with Gasteiger partial charge in [0, 0.05) is 11.7 Å². The number of ether oxygens (including phenoxy) is 1. The number of aromatic nitrogens is 2. The van der Waals surface area contributed by atoms with Crippen molar-refractivity contribution in [2.75, 3.05) is 19.4 Å². The van der Waals surface area contributed by atoms with E-state index >= 15 is 0 Å². The van der Waals surface area contributed by atoms with Crippen molar-refractivity contribution < 1.29 is 24.1 Å². The van der Waals surface area contributed by atoms with E-state index in [2.05, 4.69) is 20.3 Å². The molecule has 0 spiro atoms. The fourth-order valence-electron chi connectivity index (χ4n) is 1.23. The first kappa shape index (κ1) is 21.2. The molecule has 0 radical (unpaired) electrons. The quantitative estimate of drug-likeness (QED) is 0.598. The average Bonchev–Trinajstić information content (AvgIpc) is 2.87. The van der Waals surface area contributed by atoms with E-state index in [4.69, 9.17) is 20.4 Å². The summed E-state index contributed by atoms with van der Waals surface area (Å²) in [5, 5.41) is 17.3. The Hall–Kier alpha value is -1.81. The summed E-state index contributed by atoms with van der Waals surface area (Å²) in [6, 6.07) is -0.571. The van der Waals surface area contributed by atoms with Crippen LogP contribution in [0.15, 0.2) is 4.63 Å². The number of nitrogens with zero attached hydrogens (tertiary/aromatic N) is 2. The highest BCUT2D eigenvalue weighted by molar-refractivity contribution is 8.00. The van der Waals surface area contributed by atoms with Gasteiger partial charge in [-0.1, -0.05) is 5.16 Å². The maximum absolute atomic E-state index is 11.8. The molecule has 132 valence electrons. The zero-order chi connectivity index (χ0) is 18.0. The van der Waals surface area contributed by atoms with Gasteiger partial charge >= 0.3 is 0 Å². The maximum atomic E-state index is 11.8. The number of hydrogen-bond donors (Lipinski definition) is 3. The van der Waals surface area contributed by atoms with Crippen LogP contribution in [0.25, 0.3) is 0 Å². The number of aryl methyl sites for hydroxylation is 1. The van der Waals surface area contributed by atoms with E-state index in [-0.39, 0.29) is 17.3 Å². The second-order valence-electron chi connectivity index (χ2n) is 5.10. The van der Waals surface area contributed by atoms with Gasteiger partial charge in [-0.25, -0.2) is 4.63 Å². The molecule has 4 N–H and O–H groups in total. The molecule has 1 heterocycles. The van der Waals surface area contributed by atoms with Crippen LogP contribution in [0, 0.1) is 6.92 Å². The number of carbonyl (C=O) groups excluding carboxylic acids is 1. The van der Waals surface area contributed by atoms with Crippen molar-refractivity contribution in [3.8, 4) is 5.88 Å². The highest BCUT2D eigenvalue weighted by Gasteiger charge is 2.30. The summed E-state index contributed by atoms with van der Waals surface area (Å²) in [7, 11) is 0. The van der Waals surface area contributed by atoms with Crippen LogP contribution in [0.3, 0.4) is 0 Å². The van der Waals surface area contributed by atoms with Crippen LogP contribution >= 0.6 is 11.8 Å². The molecular formula is C13H24N4O5S. The zero-order valence-corrected chi connectivity index (χ0v) is 14.8. The molecule has 1 aromatic heterocycles. The number of amides is 1. The van der Waals surface area contributed by atoms with Crippen LogP contribution in [0.2, 0.25) is 0 Å². The summed E-state index contributed by atoms with van der Waals surface area (Å²) in [6.45, 7) is 7.31. The van der Waals surface area contributed by atoms with E-state index in [1.165, 1.54) is 0 Å². The Labute approximate surface area is 139 Å². The molecule has 0 aromatic carbocycles. The smallest absolute Gasteiger partial charge is 0.300 e. The number of thioether (sulfide) groups is 1.